The van der Waals surface area contributed by atoms with Crippen molar-refractivity contribution in [2.24, 2.45) is 0 Å². The van der Waals surface area contributed by atoms with E-state index < -0.39 is 11.9 Å². The van der Waals surface area contributed by atoms with Gasteiger partial charge in [0.25, 0.3) is 5.91 Å². The molecule has 1 aliphatic rings. The van der Waals surface area contributed by atoms with Crippen molar-refractivity contribution in [2.75, 3.05) is 20.3 Å². The van der Waals surface area contributed by atoms with Crippen LogP contribution < -0.4 is 9.47 Å². The van der Waals surface area contributed by atoms with Gasteiger partial charge in [0.15, 0.2) is 0 Å². The number of carbonyl (C=O) groups is 2. The Morgan fingerprint density at radius 2 is 2.00 bits per heavy atom. The number of rotatable bonds is 3. The fourth-order valence-corrected chi connectivity index (χ4v) is 2.76. The minimum Gasteiger partial charge on any atom is -0.507 e. The Morgan fingerprint density at radius 1 is 1.20 bits per heavy atom. The van der Waals surface area contributed by atoms with Crippen LogP contribution in [0, 0.1) is 0 Å². The summed E-state index contributed by atoms with van der Waals surface area (Å²) >= 11 is 0. The molecule has 1 heterocycles. The van der Waals surface area contributed by atoms with Crippen molar-refractivity contribution >= 4 is 11.9 Å². The van der Waals surface area contributed by atoms with Gasteiger partial charge in [-0.25, -0.2) is 4.79 Å². The van der Waals surface area contributed by atoms with E-state index in [1.807, 2.05) is 0 Å². The largest absolute Gasteiger partial charge is 0.507 e. The third-order valence-corrected chi connectivity index (χ3v) is 4.05. The van der Waals surface area contributed by atoms with E-state index in [2.05, 4.69) is 0 Å². The number of hydrogen-bond donors (Lipinski definition) is 2. The second-order valence-corrected chi connectivity index (χ2v) is 5.55. The van der Waals surface area contributed by atoms with Crippen molar-refractivity contribution in [3.63, 3.8) is 0 Å². The molecule has 0 saturated heterocycles. The van der Waals surface area contributed by atoms with Gasteiger partial charge in [-0.05, 0) is 24.3 Å². The van der Waals surface area contributed by atoms with Gasteiger partial charge in [-0.2, -0.15) is 0 Å². The molecular formula is C18H17NO6. The predicted molar refractivity (Wildman–Crippen MR) is 88.3 cm³/mol. The lowest BCUT2D eigenvalue weighted by Crippen LogP contribution is -2.32. The molecule has 0 fully saturated rings. The van der Waals surface area contributed by atoms with Crippen molar-refractivity contribution < 1.29 is 29.3 Å². The van der Waals surface area contributed by atoms with Gasteiger partial charge in [0.1, 0.15) is 23.9 Å². The molecule has 2 aromatic rings. The number of carboxylic acid groups (broad SMARTS) is 1. The molecule has 3 rings (SSSR count). The number of aromatic hydroxyl groups is 1. The van der Waals surface area contributed by atoms with Crippen LogP contribution in [0.25, 0.3) is 0 Å². The van der Waals surface area contributed by atoms with Crippen molar-refractivity contribution in [2.45, 2.75) is 6.54 Å². The summed E-state index contributed by atoms with van der Waals surface area (Å²) in [4.78, 5) is 25.7. The number of methoxy groups -OCH3 is 1. The van der Waals surface area contributed by atoms with E-state index in [9.17, 15) is 19.8 Å². The molecule has 2 N–H and O–H groups in total. The maximum absolute atomic E-state index is 12.8. The summed E-state index contributed by atoms with van der Waals surface area (Å²) in [5, 5.41) is 19.4. The van der Waals surface area contributed by atoms with Gasteiger partial charge in [0.2, 0.25) is 0 Å². The second-order valence-electron chi connectivity index (χ2n) is 5.55. The number of benzene rings is 2. The molecule has 0 spiro atoms. The Labute approximate surface area is 144 Å². The number of fused-ring (bicyclic) bond motifs is 1. The van der Waals surface area contributed by atoms with E-state index in [1.54, 1.807) is 18.2 Å². The van der Waals surface area contributed by atoms with Crippen LogP contribution in [-0.2, 0) is 6.54 Å². The van der Waals surface area contributed by atoms with Crippen molar-refractivity contribution in [3.8, 4) is 17.2 Å². The van der Waals surface area contributed by atoms with Crippen LogP contribution in [0.5, 0.6) is 17.2 Å². The molecule has 2 aromatic carbocycles. The number of carboxylic acids is 1. The number of carbonyl (C=O) groups excluding carboxylic acids is 1. The molecule has 0 bridgehead atoms. The first-order chi connectivity index (χ1) is 12.0. The Hall–Kier alpha value is -3.22. The van der Waals surface area contributed by atoms with E-state index >= 15 is 0 Å². The van der Waals surface area contributed by atoms with E-state index in [0.29, 0.717) is 17.1 Å². The van der Waals surface area contributed by atoms with Gasteiger partial charge in [-0.1, -0.05) is 6.07 Å². The maximum Gasteiger partial charge on any atom is 0.336 e. The molecule has 1 amide bonds. The fourth-order valence-electron chi connectivity index (χ4n) is 2.76. The maximum atomic E-state index is 12.8. The first-order valence-electron chi connectivity index (χ1n) is 7.65. The normalized spacial score (nSPS) is 13.4. The molecule has 0 radical (unpaired) electrons. The van der Waals surface area contributed by atoms with Crippen LogP contribution in [0.15, 0.2) is 36.4 Å². The van der Waals surface area contributed by atoms with Crippen molar-refractivity contribution in [1.82, 2.24) is 4.90 Å². The first-order valence-corrected chi connectivity index (χ1v) is 7.65. The average Bonchev–Trinajstić information content (AvgIpc) is 2.83. The third-order valence-electron chi connectivity index (χ3n) is 4.05. The molecule has 0 atom stereocenters. The standard InChI is InChI=1S/C18H17NO6/c1-24-11-5-6-13(15(20)9-11)17(21)19-7-8-25-16-4-2-3-12(18(22)23)14(16)10-19/h2-6,9,20H,7-8,10H2,1H3,(H,22,23). The van der Waals surface area contributed by atoms with Gasteiger partial charge >= 0.3 is 5.97 Å². The highest BCUT2D eigenvalue weighted by molar-refractivity contribution is 5.97. The summed E-state index contributed by atoms with van der Waals surface area (Å²) in [7, 11) is 1.47. The number of ether oxygens (including phenoxy) is 2. The highest BCUT2D eigenvalue weighted by Gasteiger charge is 2.26. The number of nitrogens with zero attached hydrogens (tertiary/aromatic N) is 1. The lowest BCUT2D eigenvalue weighted by atomic mass is 10.1. The third kappa shape index (κ3) is 3.21. The van der Waals surface area contributed by atoms with E-state index in [4.69, 9.17) is 9.47 Å². The quantitative estimate of drug-likeness (QED) is 0.886. The molecule has 0 unspecified atom stereocenters. The Balaban J connectivity index is 1.94. The zero-order valence-corrected chi connectivity index (χ0v) is 13.6. The van der Waals surface area contributed by atoms with Gasteiger partial charge in [-0.3, -0.25) is 4.79 Å². The van der Waals surface area contributed by atoms with E-state index in [-0.39, 0.29) is 36.6 Å². The van der Waals surface area contributed by atoms with Crippen LogP contribution in [0.4, 0.5) is 0 Å². The highest BCUT2D eigenvalue weighted by atomic mass is 16.5. The molecule has 25 heavy (non-hydrogen) atoms. The van der Waals surface area contributed by atoms with Gasteiger partial charge in [-0.15, -0.1) is 0 Å². The first kappa shape index (κ1) is 16.6. The minimum absolute atomic E-state index is 0.0854. The summed E-state index contributed by atoms with van der Waals surface area (Å²) in [5.41, 5.74) is 0.655. The fraction of sp³-hybridized carbons (Fsp3) is 0.222. The molecule has 0 aromatic heterocycles. The zero-order valence-electron chi connectivity index (χ0n) is 13.6. The summed E-state index contributed by atoms with van der Waals surface area (Å²) in [5.74, 6) is -0.791. The van der Waals surface area contributed by atoms with E-state index in [0.717, 1.165) is 0 Å². The Morgan fingerprint density at radius 3 is 2.68 bits per heavy atom. The molecule has 7 heteroatoms. The zero-order chi connectivity index (χ0) is 18.0. The minimum atomic E-state index is -1.08. The number of hydrogen-bond acceptors (Lipinski definition) is 5. The predicted octanol–water partition coefficient (Wildman–Crippen LogP) is 2.13. The topological polar surface area (TPSA) is 96.3 Å². The summed E-state index contributed by atoms with van der Waals surface area (Å²) in [6, 6.07) is 9.18. The average molecular weight is 343 g/mol. The van der Waals surface area contributed by atoms with Gasteiger partial charge < -0.3 is 24.6 Å². The van der Waals surface area contributed by atoms with Gasteiger partial charge in [0, 0.05) is 11.6 Å². The van der Waals surface area contributed by atoms with Crippen LogP contribution in [0.1, 0.15) is 26.3 Å². The van der Waals surface area contributed by atoms with Crippen LogP contribution in [0.3, 0.4) is 0 Å². The van der Waals surface area contributed by atoms with Crippen LogP contribution in [0.2, 0.25) is 0 Å². The molecule has 7 nitrogen and oxygen atoms in total. The number of amides is 1. The highest BCUT2D eigenvalue weighted by Crippen LogP contribution is 2.29. The van der Waals surface area contributed by atoms with Crippen molar-refractivity contribution in [3.05, 3.63) is 53.1 Å². The smallest absolute Gasteiger partial charge is 0.336 e. The van der Waals surface area contributed by atoms with Crippen LogP contribution >= 0.6 is 0 Å². The summed E-state index contributed by atoms with van der Waals surface area (Å²) < 4.78 is 10.6. The Kier molecular flexibility index (Phi) is 4.47. The van der Waals surface area contributed by atoms with Crippen molar-refractivity contribution in [1.29, 1.82) is 0 Å². The lowest BCUT2D eigenvalue weighted by molar-refractivity contribution is 0.0682. The van der Waals surface area contributed by atoms with E-state index in [1.165, 1.54) is 30.2 Å². The molecule has 0 saturated carbocycles. The lowest BCUT2D eigenvalue weighted by Gasteiger charge is -2.21. The van der Waals surface area contributed by atoms with Gasteiger partial charge in [0.05, 0.1) is 31.3 Å². The number of aromatic carboxylic acids is 1. The second kappa shape index (κ2) is 6.72. The molecule has 1 aliphatic heterocycles. The summed E-state index contributed by atoms with van der Waals surface area (Å²) in [6.45, 7) is 0.596. The summed E-state index contributed by atoms with van der Waals surface area (Å²) in [6.07, 6.45) is 0. The Bertz CT molecular complexity index is 832. The molecular weight excluding hydrogens is 326 g/mol. The van der Waals surface area contributed by atoms with Crippen LogP contribution in [-0.4, -0.2) is 47.3 Å². The number of phenols is 1. The molecule has 0 aliphatic carbocycles. The number of phenolic OH excluding ortho intramolecular Hbond substituents is 1. The monoisotopic (exact) mass is 343 g/mol. The molecule has 130 valence electrons. The SMILES string of the molecule is COc1ccc(C(=O)N2CCOc3cccc(C(=O)O)c3C2)c(O)c1.